The predicted molar refractivity (Wildman–Crippen MR) is 74.0 cm³/mol. The van der Waals surface area contributed by atoms with Crippen LogP contribution in [-0.2, 0) is 0 Å². The first-order valence-corrected chi connectivity index (χ1v) is 6.96. The SMILES string of the molecule is CCCC/C(=C/SC)c1ccc(OC)cc1. The van der Waals surface area contributed by atoms with Crippen LogP contribution in [0, 0.1) is 0 Å². The molecule has 0 aliphatic heterocycles. The Morgan fingerprint density at radius 3 is 2.50 bits per heavy atom. The van der Waals surface area contributed by atoms with Crippen molar-refractivity contribution in [1.82, 2.24) is 0 Å². The number of allylic oxidation sites excluding steroid dienone is 1. The lowest BCUT2D eigenvalue weighted by Gasteiger charge is -2.08. The molecule has 0 aliphatic carbocycles. The van der Waals surface area contributed by atoms with Gasteiger partial charge in [-0.2, -0.15) is 0 Å². The topological polar surface area (TPSA) is 9.23 Å². The van der Waals surface area contributed by atoms with Crippen molar-refractivity contribution in [3.63, 3.8) is 0 Å². The predicted octanol–water partition coefficient (Wildman–Crippen LogP) is 4.59. The van der Waals surface area contributed by atoms with Crippen LogP contribution >= 0.6 is 11.8 Å². The van der Waals surface area contributed by atoms with Crippen LogP contribution in [0.2, 0.25) is 0 Å². The fraction of sp³-hybridized carbons (Fsp3) is 0.429. The number of hydrogen-bond donors (Lipinski definition) is 0. The van der Waals surface area contributed by atoms with E-state index in [2.05, 4.69) is 30.7 Å². The maximum absolute atomic E-state index is 5.17. The molecular formula is C14H20OS. The molecule has 0 saturated heterocycles. The van der Waals surface area contributed by atoms with E-state index < -0.39 is 0 Å². The van der Waals surface area contributed by atoms with Gasteiger partial charge in [-0.3, -0.25) is 0 Å². The van der Waals surface area contributed by atoms with Crippen molar-refractivity contribution in [1.29, 1.82) is 0 Å². The molecule has 0 N–H and O–H groups in total. The summed E-state index contributed by atoms with van der Waals surface area (Å²) in [5, 5.41) is 2.25. The third-order valence-electron chi connectivity index (χ3n) is 2.52. The van der Waals surface area contributed by atoms with Crippen molar-refractivity contribution in [2.75, 3.05) is 13.4 Å². The first kappa shape index (κ1) is 13.2. The van der Waals surface area contributed by atoms with Crippen LogP contribution in [0.25, 0.3) is 5.57 Å². The molecule has 16 heavy (non-hydrogen) atoms. The average molecular weight is 236 g/mol. The van der Waals surface area contributed by atoms with E-state index >= 15 is 0 Å². The van der Waals surface area contributed by atoms with Crippen molar-refractivity contribution in [2.24, 2.45) is 0 Å². The van der Waals surface area contributed by atoms with Gasteiger partial charge in [0.15, 0.2) is 0 Å². The van der Waals surface area contributed by atoms with Crippen LogP contribution in [0.5, 0.6) is 5.75 Å². The summed E-state index contributed by atoms with van der Waals surface area (Å²) < 4.78 is 5.17. The molecule has 1 aromatic rings. The molecule has 0 fully saturated rings. The molecule has 0 unspecified atom stereocenters. The largest absolute Gasteiger partial charge is 0.497 e. The Bertz CT molecular complexity index is 327. The fourth-order valence-corrected chi connectivity index (χ4v) is 2.12. The van der Waals surface area contributed by atoms with E-state index in [0.717, 1.165) is 12.2 Å². The zero-order valence-electron chi connectivity index (χ0n) is 10.3. The van der Waals surface area contributed by atoms with Gasteiger partial charge in [0.05, 0.1) is 7.11 Å². The van der Waals surface area contributed by atoms with Gasteiger partial charge in [-0.25, -0.2) is 0 Å². The van der Waals surface area contributed by atoms with Gasteiger partial charge in [0.1, 0.15) is 5.75 Å². The van der Waals surface area contributed by atoms with Crippen LogP contribution in [0.3, 0.4) is 0 Å². The zero-order chi connectivity index (χ0) is 11.8. The van der Waals surface area contributed by atoms with E-state index in [1.54, 1.807) is 18.9 Å². The van der Waals surface area contributed by atoms with Crippen molar-refractivity contribution < 1.29 is 4.74 Å². The highest BCUT2D eigenvalue weighted by molar-refractivity contribution is 8.01. The van der Waals surface area contributed by atoms with Gasteiger partial charge in [-0.1, -0.05) is 25.5 Å². The summed E-state index contributed by atoms with van der Waals surface area (Å²) in [6.07, 6.45) is 5.75. The van der Waals surface area contributed by atoms with Crippen LogP contribution < -0.4 is 4.74 Å². The monoisotopic (exact) mass is 236 g/mol. The van der Waals surface area contributed by atoms with Gasteiger partial charge in [-0.15, -0.1) is 11.8 Å². The first-order valence-electron chi connectivity index (χ1n) is 5.68. The van der Waals surface area contributed by atoms with Crippen molar-refractivity contribution in [2.45, 2.75) is 26.2 Å². The van der Waals surface area contributed by atoms with Crippen molar-refractivity contribution >= 4 is 17.3 Å². The molecule has 2 heteroatoms. The molecule has 1 nitrogen and oxygen atoms in total. The molecular weight excluding hydrogens is 216 g/mol. The van der Waals surface area contributed by atoms with E-state index in [9.17, 15) is 0 Å². The highest BCUT2D eigenvalue weighted by Crippen LogP contribution is 2.25. The molecule has 0 heterocycles. The Morgan fingerprint density at radius 2 is 2.00 bits per heavy atom. The molecule has 0 radical (unpaired) electrons. The zero-order valence-corrected chi connectivity index (χ0v) is 11.1. The lowest BCUT2D eigenvalue weighted by Crippen LogP contribution is -1.87. The number of benzene rings is 1. The third kappa shape index (κ3) is 3.93. The number of methoxy groups -OCH3 is 1. The Morgan fingerprint density at radius 1 is 1.31 bits per heavy atom. The average Bonchev–Trinajstić information content (AvgIpc) is 2.35. The van der Waals surface area contributed by atoms with E-state index in [-0.39, 0.29) is 0 Å². The number of hydrogen-bond acceptors (Lipinski definition) is 2. The summed E-state index contributed by atoms with van der Waals surface area (Å²) in [4.78, 5) is 0. The Labute approximate surface area is 103 Å². The summed E-state index contributed by atoms with van der Waals surface area (Å²) in [5.74, 6) is 0.919. The van der Waals surface area contributed by atoms with E-state index in [4.69, 9.17) is 4.74 Å². The minimum Gasteiger partial charge on any atom is -0.497 e. The van der Waals surface area contributed by atoms with Gasteiger partial charge in [-0.05, 0) is 47.8 Å². The normalized spacial score (nSPS) is 11.6. The standard InChI is InChI=1S/C14H20OS/c1-4-5-6-13(11-16-3)12-7-9-14(15-2)10-8-12/h7-11H,4-6H2,1-3H3/b13-11-. The molecule has 0 saturated carbocycles. The Balaban J connectivity index is 2.80. The number of rotatable bonds is 6. The van der Waals surface area contributed by atoms with Crippen LogP contribution in [-0.4, -0.2) is 13.4 Å². The van der Waals surface area contributed by atoms with E-state index in [0.29, 0.717) is 0 Å². The van der Waals surface area contributed by atoms with Gasteiger partial charge in [0, 0.05) is 0 Å². The molecule has 88 valence electrons. The molecule has 0 spiro atoms. The molecule has 0 aromatic heterocycles. The second-order valence-electron chi connectivity index (χ2n) is 3.71. The Kier molecular flexibility index (Phi) is 6.09. The first-order chi connectivity index (χ1) is 7.81. The lowest BCUT2D eigenvalue weighted by molar-refractivity contribution is 0.415. The number of thioether (sulfide) groups is 1. The van der Waals surface area contributed by atoms with Gasteiger partial charge < -0.3 is 4.74 Å². The smallest absolute Gasteiger partial charge is 0.118 e. The van der Waals surface area contributed by atoms with Crippen LogP contribution in [0.1, 0.15) is 31.7 Å². The van der Waals surface area contributed by atoms with Crippen LogP contribution in [0.4, 0.5) is 0 Å². The van der Waals surface area contributed by atoms with E-state index in [1.165, 1.54) is 24.0 Å². The summed E-state index contributed by atoms with van der Waals surface area (Å²) in [6, 6.07) is 8.32. The molecule has 0 bridgehead atoms. The molecule has 0 amide bonds. The maximum atomic E-state index is 5.17. The number of ether oxygens (including phenoxy) is 1. The lowest BCUT2D eigenvalue weighted by atomic mass is 10.0. The summed E-state index contributed by atoms with van der Waals surface area (Å²) in [6.45, 7) is 2.23. The second-order valence-corrected chi connectivity index (χ2v) is 4.42. The van der Waals surface area contributed by atoms with E-state index in [1.807, 2.05) is 12.1 Å². The summed E-state index contributed by atoms with van der Waals surface area (Å²) in [7, 11) is 1.70. The highest BCUT2D eigenvalue weighted by atomic mass is 32.2. The van der Waals surface area contributed by atoms with Gasteiger partial charge in [0.2, 0.25) is 0 Å². The maximum Gasteiger partial charge on any atom is 0.118 e. The molecule has 1 rings (SSSR count). The minimum atomic E-state index is 0.919. The van der Waals surface area contributed by atoms with Crippen molar-refractivity contribution in [3.8, 4) is 5.75 Å². The van der Waals surface area contributed by atoms with Crippen molar-refractivity contribution in [3.05, 3.63) is 35.2 Å². The molecule has 0 atom stereocenters. The molecule has 1 aromatic carbocycles. The molecule has 0 aliphatic rings. The third-order valence-corrected chi connectivity index (χ3v) is 3.04. The second kappa shape index (κ2) is 7.39. The fourth-order valence-electron chi connectivity index (χ4n) is 1.59. The minimum absolute atomic E-state index is 0.919. The Hall–Kier alpha value is -0.890. The quantitative estimate of drug-likeness (QED) is 0.714. The van der Waals surface area contributed by atoms with Gasteiger partial charge in [0.25, 0.3) is 0 Å². The number of unbranched alkanes of at least 4 members (excludes halogenated alkanes) is 1. The summed E-state index contributed by atoms with van der Waals surface area (Å²) in [5.41, 5.74) is 2.74. The highest BCUT2D eigenvalue weighted by Gasteiger charge is 2.01. The van der Waals surface area contributed by atoms with Crippen LogP contribution in [0.15, 0.2) is 29.7 Å². The summed E-state index contributed by atoms with van der Waals surface area (Å²) >= 11 is 1.77. The van der Waals surface area contributed by atoms with Gasteiger partial charge >= 0.3 is 0 Å².